The van der Waals surface area contributed by atoms with Crippen molar-refractivity contribution in [2.24, 2.45) is 5.73 Å². The molecule has 0 amide bonds. The smallest absolute Gasteiger partial charge is 0.183 e. The molecule has 1 rings (SSSR count). The Labute approximate surface area is 103 Å². The number of ether oxygens (including phenoxy) is 2. The van der Waals surface area contributed by atoms with Crippen LogP contribution in [0.5, 0.6) is 11.5 Å². The van der Waals surface area contributed by atoms with Crippen LogP contribution in [0.15, 0.2) is 16.6 Å². The van der Waals surface area contributed by atoms with E-state index in [0.29, 0.717) is 17.1 Å². The third-order valence-corrected chi connectivity index (χ3v) is 2.58. The van der Waals surface area contributed by atoms with Gasteiger partial charge >= 0.3 is 0 Å². The van der Waals surface area contributed by atoms with Crippen LogP contribution in [0.2, 0.25) is 0 Å². The average molecular weight is 288 g/mol. The molecule has 0 fully saturated rings. The zero-order chi connectivity index (χ0) is 12.3. The first kappa shape index (κ1) is 13.0. The summed E-state index contributed by atoms with van der Waals surface area (Å²) in [6.45, 7) is 1.63. The zero-order valence-corrected chi connectivity index (χ0v) is 11.0. The van der Waals surface area contributed by atoms with Crippen LogP contribution in [0.1, 0.15) is 17.3 Å². The highest BCUT2D eigenvalue weighted by Gasteiger charge is 2.20. The molecule has 5 heteroatoms. The number of hydrogen-bond donors (Lipinski definition) is 1. The first-order valence-electron chi connectivity index (χ1n) is 4.72. The molecule has 1 unspecified atom stereocenters. The molecule has 0 aliphatic heterocycles. The molecule has 1 aromatic rings. The fraction of sp³-hybridized carbons (Fsp3) is 0.364. The quantitative estimate of drug-likeness (QED) is 0.861. The summed E-state index contributed by atoms with van der Waals surface area (Å²) in [5.74, 6) is 0.727. The van der Waals surface area contributed by atoms with Crippen molar-refractivity contribution >= 4 is 21.7 Å². The summed E-state index contributed by atoms with van der Waals surface area (Å²) in [6.07, 6.45) is 0. The van der Waals surface area contributed by atoms with Crippen LogP contribution in [0.4, 0.5) is 0 Å². The van der Waals surface area contributed by atoms with E-state index in [1.807, 2.05) is 0 Å². The lowest BCUT2D eigenvalue weighted by atomic mass is 10.0. The Morgan fingerprint density at radius 1 is 1.38 bits per heavy atom. The SMILES string of the molecule is COc1cc(Br)cc(C(=O)C(C)N)c1OC. The largest absolute Gasteiger partial charge is 0.493 e. The first-order valence-corrected chi connectivity index (χ1v) is 5.51. The normalized spacial score (nSPS) is 12.1. The monoisotopic (exact) mass is 287 g/mol. The van der Waals surface area contributed by atoms with Crippen molar-refractivity contribution in [3.8, 4) is 11.5 Å². The highest BCUT2D eigenvalue weighted by molar-refractivity contribution is 9.10. The van der Waals surface area contributed by atoms with E-state index in [9.17, 15) is 4.79 Å². The number of Topliss-reactive ketones (excluding diaryl/α,β-unsaturated/α-hetero) is 1. The van der Waals surface area contributed by atoms with E-state index in [1.54, 1.807) is 19.1 Å². The van der Waals surface area contributed by atoms with E-state index >= 15 is 0 Å². The number of carbonyl (C=O) groups excluding carboxylic acids is 1. The topological polar surface area (TPSA) is 61.5 Å². The highest BCUT2D eigenvalue weighted by atomic mass is 79.9. The lowest BCUT2D eigenvalue weighted by Crippen LogP contribution is -2.27. The lowest BCUT2D eigenvalue weighted by molar-refractivity contribution is 0.0964. The Morgan fingerprint density at radius 3 is 2.44 bits per heavy atom. The zero-order valence-electron chi connectivity index (χ0n) is 9.41. The van der Waals surface area contributed by atoms with Gasteiger partial charge in [0, 0.05) is 4.47 Å². The number of ketones is 1. The molecule has 1 atom stereocenters. The summed E-state index contributed by atoms with van der Waals surface area (Å²) in [5.41, 5.74) is 5.99. The van der Waals surface area contributed by atoms with Crippen molar-refractivity contribution in [3.05, 3.63) is 22.2 Å². The second-order valence-electron chi connectivity index (χ2n) is 3.34. The number of nitrogens with two attached hydrogens (primary N) is 1. The predicted octanol–water partition coefficient (Wildman–Crippen LogP) is 2.00. The number of rotatable bonds is 4. The molecule has 4 nitrogen and oxygen atoms in total. The summed E-state index contributed by atoms with van der Waals surface area (Å²) in [4.78, 5) is 11.9. The number of carbonyl (C=O) groups is 1. The van der Waals surface area contributed by atoms with Crippen LogP contribution >= 0.6 is 15.9 Å². The van der Waals surface area contributed by atoms with Gasteiger partial charge in [-0.15, -0.1) is 0 Å². The van der Waals surface area contributed by atoms with Crippen LogP contribution in [0.3, 0.4) is 0 Å². The summed E-state index contributed by atoms with van der Waals surface area (Å²) in [6, 6.07) is 2.83. The van der Waals surface area contributed by atoms with Gasteiger partial charge in [-0.1, -0.05) is 15.9 Å². The first-order chi connectivity index (χ1) is 7.51. The van der Waals surface area contributed by atoms with Gasteiger partial charge in [-0.05, 0) is 19.1 Å². The predicted molar refractivity (Wildman–Crippen MR) is 65.2 cm³/mol. The number of benzene rings is 1. The molecule has 0 heterocycles. The van der Waals surface area contributed by atoms with Gasteiger partial charge in [0.25, 0.3) is 0 Å². The van der Waals surface area contributed by atoms with Gasteiger partial charge in [0.2, 0.25) is 0 Å². The van der Waals surface area contributed by atoms with Crippen LogP contribution in [0, 0.1) is 0 Å². The molecule has 88 valence electrons. The molecule has 0 aromatic heterocycles. The van der Waals surface area contributed by atoms with Crippen molar-refractivity contribution in [2.75, 3.05) is 14.2 Å². The van der Waals surface area contributed by atoms with Gasteiger partial charge in [0.1, 0.15) is 0 Å². The molecular formula is C11H14BrNO3. The van der Waals surface area contributed by atoms with Crippen LogP contribution in [0.25, 0.3) is 0 Å². The van der Waals surface area contributed by atoms with Crippen molar-refractivity contribution in [3.63, 3.8) is 0 Å². The van der Waals surface area contributed by atoms with Gasteiger partial charge in [-0.3, -0.25) is 4.79 Å². The van der Waals surface area contributed by atoms with Gasteiger partial charge < -0.3 is 15.2 Å². The molecule has 0 spiro atoms. The number of hydrogen-bond acceptors (Lipinski definition) is 4. The fourth-order valence-electron chi connectivity index (χ4n) is 1.36. The molecule has 0 aliphatic carbocycles. The Balaban J connectivity index is 3.36. The maximum Gasteiger partial charge on any atom is 0.183 e. The Morgan fingerprint density at radius 2 is 2.00 bits per heavy atom. The molecule has 0 bridgehead atoms. The minimum Gasteiger partial charge on any atom is -0.493 e. The molecule has 0 saturated heterocycles. The molecule has 0 saturated carbocycles. The van der Waals surface area contributed by atoms with E-state index < -0.39 is 6.04 Å². The van der Waals surface area contributed by atoms with Crippen molar-refractivity contribution in [1.82, 2.24) is 0 Å². The average Bonchev–Trinajstić information content (AvgIpc) is 2.26. The van der Waals surface area contributed by atoms with Crippen molar-refractivity contribution in [1.29, 1.82) is 0 Å². The van der Waals surface area contributed by atoms with E-state index in [1.165, 1.54) is 14.2 Å². The summed E-state index contributed by atoms with van der Waals surface area (Å²) < 4.78 is 11.1. The number of methoxy groups -OCH3 is 2. The molecule has 16 heavy (non-hydrogen) atoms. The van der Waals surface area contributed by atoms with E-state index in [-0.39, 0.29) is 5.78 Å². The van der Waals surface area contributed by atoms with Crippen molar-refractivity contribution in [2.45, 2.75) is 13.0 Å². The number of halogens is 1. The van der Waals surface area contributed by atoms with Crippen LogP contribution < -0.4 is 15.2 Å². The maximum absolute atomic E-state index is 11.9. The Bertz CT molecular complexity index is 404. The summed E-state index contributed by atoms with van der Waals surface area (Å²) in [7, 11) is 3.01. The highest BCUT2D eigenvalue weighted by Crippen LogP contribution is 2.35. The van der Waals surface area contributed by atoms with Gasteiger partial charge in [-0.2, -0.15) is 0 Å². The third kappa shape index (κ3) is 2.54. The van der Waals surface area contributed by atoms with Crippen molar-refractivity contribution < 1.29 is 14.3 Å². The van der Waals surface area contributed by atoms with Crippen LogP contribution in [-0.4, -0.2) is 26.0 Å². The van der Waals surface area contributed by atoms with Gasteiger partial charge in [0.05, 0.1) is 25.8 Å². The van der Waals surface area contributed by atoms with E-state index in [2.05, 4.69) is 15.9 Å². The molecule has 2 N–H and O–H groups in total. The van der Waals surface area contributed by atoms with E-state index in [0.717, 1.165) is 4.47 Å². The lowest BCUT2D eigenvalue weighted by Gasteiger charge is -2.14. The van der Waals surface area contributed by atoms with E-state index in [4.69, 9.17) is 15.2 Å². The standard InChI is InChI=1S/C11H14BrNO3/c1-6(13)10(14)8-4-7(12)5-9(15-2)11(8)16-3/h4-6H,13H2,1-3H3. The third-order valence-electron chi connectivity index (χ3n) is 2.12. The fourth-order valence-corrected chi connectivity index (χ4v) is 1.80. The maximum atomic E-state index is 11.9. The minimum atomic E-state index is -0.576. The molecule has 0 radical (unpaired) electrons. The summed E-state index contributed by atoms with van der Waals surface area (Å²) in [5, 5.41) is 0. The minimum absolute atomic E-state index is 0.184. The van der Waals surface area contributed by atoms with Gasteiger partial charge in [0.15, 0.2) is 17.3 Å². The Kier molecular flexibility index (Phi) is 4.32. The molecular weight excluding hydrogens is 274 g/mol. The van der Waals surface area contributed by atoms with Gasteiger partial charge in [-0.25, -0.2) is 0 Å². The van der Waals surface area contributed by atoms with Crippen LogP contribution in [-0.2, 0) is 0 Å². The Hall–Kier alpha value is -1.07. The molecule has 1 aromatic carbocycles. The summed E-state index contributed by atoms with van der Waals surface area (Å²) >= 11 is 3.31. The second kappa shape index (κ2) is 5.32. The second-order valence-corrected chi connectivity index (χ2v) is 4.26. The molecule has 0 aliphatic rings.